The number of nitrogens with one attached hydrogen (secondary N) is 1. The van der Waals surface area contributed by atoms with Gasteiger partial charge in [0.15, 0.2) is 5.89 Å². The standard InChI is InChI=1S/C18H20N4O2/c1-4-16-20-13(3)17(24-16)18(23)21-12(2)14-8-5-6-9-15(14)22-11-7-10-19-22/h5-12H,4H2,1-3H3,(H,21,23)/t12-/m1/s1. The molecule has 1 atom stereocenters. The van der Waals surface area contributed by atoms with E-state index in [0.717, 1.165) is 11.3 Å². The van der Waals surface area contributed by atoms with Crippen molar-refractivity contribution in [3.05, 3.63) is 65.6 Å². The molecule has 0 fully saturated rings. The van der Waals surface area contributed by atoms with E-state index < -0.39 is 0 Å². The molecule has 0 radical (unpaired) electrons. The van der Waals surface area contributed by atoms with Gasteiger partial charge in [0.05, 0.1) is 17.4 Å². The van der Waals surface area contributed by atoms with Crippen LogP contribution in [0.4, 0.5) is 0 Å². The van der Waals surface area contributed by atoms with Crippen LogP contribution in [0, 0.1) is 6.92 Å². The molecule has 3 aromatic rings. The molecule has 0 saturated heterocycles. The lowest BCUT2D eigenvalue weighted by Crippen LogP contribution is -2.27. The predicted octanol–water partition coefficient (Wildman–Crippen LogP) is 3.22. The first-order valence-electron chi connectivity index (χ1n) is 7.96. The monoisotopic (exact) mass is 324 g/mol. The van der Waals surface area contributed by atoms with Gasteiger partial charge in [0.1, 0.15) is 0 Å². The highest BCUT2D eigenvalue weighted by molar-refractivity contribution is 5.92. The normalized spacial score (nSPS) is 12.1. The van der Waals surface area contributed by atoms with Gasteiger partial charge >= 0.3 is 0 Å². The number of benzene rings is 1. The number of hydrogen-bond donors (Lipinski definition) is 1. The Bertz CT molecular complexity index is 837. The Morgan fingerprint density at radius 2 is 2.12 bits per heavy atom. The van der Waals surface area contributed by atoms with Crippen molar-refractivity contribution in [2.24, 2.45) is 0 Å². The molecule has 1 N–H and O–H groups in total. The second kappa shape index (κ2) is 6.70. The molecule has 2 heterocycles. The number of aromatic nitrogens is 3. The zero-order chi connectivity index (χ0) is 17.1. The van der Waals surface area contributed by atoms with Crippen molar-refractivity contribution in [2.75, 3.05) is 0 Å². The maximum atomic E-state index is 12.5. The Morgan fingerprint density at radius 1 is 1.33 bits per heavy atom. The van der Waals surface area contributed by atoms with Crippen LogP contribution in [0.15, 0.2) is 47.1 Å². The van der Waals surface area contributed by atoms with Crippen molar-refractivity contribution in [3.63, 3.8) is 0 Å². The number of rotatable bonds is 5. The maximum Gasteiger partial charge on any atom is 0.289 e. The molecule has 124 valence electrons. The van der Waals surface area contributed by atoms with Crippen molar-refractivity contribution < 1.29 is 9.21 Å². The zero-order valence-corrected chi connectivity index (χ0v) is 14.0. The lowest BCUT2D eigenvalue weighted by molar-refractivity contribution is 0.0909. The summed E-state index contributed by atoms with van der Waals surface area (Å²) in [4.78, 5) is 16.8. The molecular weight excluding hydrogens is 304 g/mol. The second-order valence-corrected chi connectivity index (χ2v) is 5.58. The highest BCUT2D eigenvalue weighted by atomic mass is 16.4. The van der Waals surface area contributed by atoms with Gasteiger partial charge in [-0.2, -0.15) is 5.10 Å². The molecule has 0 bridgehead atoms. The van der Waals surface area contributed by atoms with Gasteiger partial charge in [-0.15, -0.1) is 0 Å². The van der Waals surface area contributed by atoms with E-state index in [2.05, 4.69) is 15.4 Å². The largest absolute Gasteiger partial charge is 0.435 e. The summed E-state index contributed by atoms with van der Waals surface area (Å²) < 4.78 is 7.31. The van der Waals surface area contributed by atoms with E-state index in [1.807, 2.05) is 50.4 Å². The Kier molecular flexibility index (Phi) is 4.46. The van der Waals surface area contributed by atoms with Crippen molar-refractivity contribution in [2.45, 2.75) is 33.2 Å². The Balaban J connectivity index is 1.84. The number of carbonyl (C=O) groups excluding carboxylic acids is 1. The molecular formula is C18H20N4O2. The molecule has 1 amide bonds. The average molecular weight is 324 g/mol. The molecule has 0 aliphatic carbocycles. The molecule has 3 rings (SSSR count). The van der Waals surface area contributed by atoms with Gasteiger partial charge in [0, 0.05) is 18.8 Å². The van der Waals surface area contributed by atoms with E-state index in [9.17, 15) is 4.79 Å². The van der Waals surface area contributed by atoms with Crippen molar-refractivity contribution in [1.82, 2.24) is 20.1 Å². The summed E-state index contributed by atoms with van der Waals surface area (Å²) in [5.41, 5.74) is 2.51. The van der Waals surface area contributed by atoms with Crippen LogP contribution in [0.2, 0.25) is 0 Å². The van der Waals surface area contributed by atoms with Crippen LogP contribution in [0.25, 0.3) is 5.69 Å². The smallest absolute Gasteiger partial charge is 0.289 e. The summed E-state index contributed by atoms with van der Waals surface area (Å²) in [5, 5.41) is 7.25. The van der Waals surface area contributed by atoms with Crippen LogP contribution in [0.5, 0.6) is 0 Å². The molecule has 0 aliphatic heterocycles. The van der Waals surface area contributed by atoms with E-state index in [1.54, 1.807) is 17.8 Å². The Labute approximate surface area is 140 Å². The summed E-state index contributed by atoms with van der Waals surface area (Å²) in [5.74, 6) is 0.583. The van der Waals surface area contributed by atoms with Crippen LogP contribution < -0.4 is 5.32 Å². The molecule has 0 aliphatic rings. The Hall–Kier alpha value is -2.89. The van der Waals surface area contributed by atoms with Gasteiger partial charge in [0.2, 0.25) is 5.76 Å². The maximum absolute atomic E-state index is 12.5. The molecule has 0 unspecified atom stereocenters. The third kappa shape index (κ3) is 3.08. The quantitative estimate of drug-likeness (QED) is 0.782. The summed E-state index contributed by atoms with van der Waals surface area (Å²) in [6, 6.07) is 9.51. The highest BCUT2D eigenvalue weighted by Gasteiger charge is 2.20. The fourth-order valence-electron chi connectivity index (χ4n) is 2.63. The van der Waals surface area contributed by atoms with Gasteiger partial charge in [-0.25, -0.2) is 9.67 Å². The van der Waals surface area contributed by atoms with Gasteiger partial charge in [-0.1, -0.05) is 25.1 Å². The fraction of sp³-hybridized carbons (Fsp3) is 0.278. The van der Waals surface area contributed by atoms with Gasteiger partial charge in [0.25, 0.3) is 5.91 Å². The highest BCUT2D eigenvalue weighted by Crippen LogP contribution is 2.22. The lowest BCUT2D eigenvalue weighted by Gasteiger charge is -2.17. The molecule has 0 saturated carbocycles. The predicted molar refractivity (Wildman–Crippen MR) is 90.1 cm³/mol. The zero-order valence-electron chi connectivity index (χ0n) is 14.0. The van der Waals surface area contributed by atoms with Crippen LogP contribution in [-0.4, -0.2) is 20.7 Å². The van der Waals surface area contributed by atoms with E-state index in [1.165, 1.54) is 0 Å². The van der Waals surface area contributed by atoms with Crippen molar-refractivity contribution >= 4 is 5.91 Å². The van der Waals surface area contributed by atoms with Crippen LogP contribution >= 0.6 is 0 Å². The van der Waals surface area contributed by atoms with E-state index in [-0.39, 0.29) is 17.7 Å². The number of hydrogen-bond acceptors (Lipinski definition) is 4. The number of nitrogens with zero attached hydrogens (tertiary/aromatic N) is 3. The van der Waals surface area contributed by atoms with Crippen molar-refractivity contribution in [1.29, 1.82) is 0 Å². The van der Waals surface area contributed by atoms with Crippen LogP contribution in [0.3, 0.4) is 0 Å². The molecule has 1 aromatic carbocycles. The number of oxazole rings is 1. The molecule has 6 heteroatoms. The first-order valence-corrected chi connectivity index (χ1v) is 7.96. The SMILES string of the molecule is CCc1nc(C)c(C(=O)N[C@H](C)c2ccccc2-n2cccn2)o1. The molecule has 2 aromatic heterocycles. The number of aryl methyl sites for hydroxylation is 2. The van der Waals surface area contributed by atoms with E-state index >= 15 is 0 Å². The average Bonchev–Trinajstić information content (AvgIpc) is 3.24. The summed E-state index contributed by atoms with van der Waals surface area (Å²) >= 11 is 0. The number of amides is 1. The summed E-state index contributed by atoms with van der Waals surface area (Å²) in [6.07, 6.45) is 4.26. The summed E-state index contributed by atoms with van der Waals surface area (Å²) in [7, 11) is 0. The minimum Gasteiger partial charge on any atom is -0.435 e. The van der Waals surface area contributed by atoms with E-state index in [0.29, 0.717) is 18.0 Å². The van der Waals surface area contributed by atoms with Crippen LogP contribution in [0.1, 0.15) is 47.6 Å². The Morgan fingerprint density at radius 3 is 2.79 bits per heavy atom. The van der Waals surface area contributed by atoms with Gasteiger partial charge in [-0.05, 0) is 31.5 Å². The first kappa shape index (κ1) is 16.0. The molecule has 24 heavy (non-hydrogen) atoms. The van der Waals surface area contributed by atoms with Crippen LogP contribution in [-0.2, 0) is 6.42 Å². The minimum atomic E-state index is -0.262. The van der Waals surface area contributed by atoms with Crippen molar-refractivity contribution in [3.8, 4) is 5.69 Å². The van der Waals surface area contributed by atoms with Gasteiger partial charge in [-0.3, -0.25) is 4.79 Å². The number of para-hydroxylation sites is 1. The minimum absolute atomic E-state index is 0.201. The summed E-state index contributed by atoms with van der Waals surface area (Å²) in [6.45, 7) is 5.66. The fourth-order valence-corrected chi connectivity index (χ4v) is 2.63. The third-order valence-corrected chi connectivity index (χ3v) is 3.85. The molecule has 0 spiro atoms. The van der Waals surface area contributed by atoms with Gasteiger partial charge < -0.3 is 9.73 Å². The molecule has 6 nitrogen and oxygen atoms in total. The topological polar surface area (TPSA) is 73.0 Å². The van der Waals surface area contributed by atoms with E-state index in [4.69, 9.17) is 4.42 Å². The third-order valence-electron chi connectivity index (χ3n) is 3.85. The second-order valence-electron chi connectivity index (χ2n) is 5.58. The first-order chi connectivity index (χ1) is 11.6. The lowest BCUT2D eigenvalue weighted by atomic mass is 10.1. The number of carbonyl (C=O) groups is 1.